The molecule has 0 N–H and O–H groups in total. The molecule has 1 saturated heterocycles. The summed E-state index contributed by atoms with van der Waals surface area (Å²) in [6.07, 6.45) is 0.704. The lowest BCUT2D eigenvalue weighted by atomic mass is 9.98. The van der Waals surface area contributed by atoms with Crippen LogP contribution in [0.15, 0.2) is 30.3 Å². The lowest BCUT2D eigenvalue weighted by Gasteiger charge is -2.03. The standard InChI is InChI=1S/C13H16O2/c1-3-9(2)11(14)13-12(15-13)10-7-5-4-6-8-10/h4-9,12-13H,3H2,1-2H3/t9?,12-,13-/m0/s1. The van der Waals surface area contributed by atoms with Crippen molar-refractivity contribution in [3.8, 4) is 0 Å². The van der Waals surface area contributed by atoms with Gasteiger partial charge < -0.3 is 4.74 Å². The average Bonchev–Trinajstić information content (AvgIpc) is 3.08. The van der Waals surface area contributed by atoms with Gasteiger partial charge in [-0.1, -0.05) is 44.2 Å². The highest BCUT2D eigenvalue weighted by molar-refractivity contribution is 5.88. The molecule has 0 amide bonds. The van der Waals surface area contributed by atoms with E-state index in [4.69, 9.17) is 4.74 Å². The molecule has 0 bridgehead atoms. The molecule has 0 spiro atoms. The highest BCUT2D eigenvalue weighted by atomic mass is 16.6. The number of epoxide rings is 1. The van der Waals surface area contributed by atoms with Crippen LogP contribution < -0.4 is 0 Å². The Morgan fingerprint density at radius 1 is 1.40 bits per heavy atom. The van der Waals surface area contributed by atoms with Crippen molar-refractivity contribution in [1.82, 2.24) is 0 Å². The van der Waals surface area contributed by atoms with E-state index in [1.165, 1.54) is 0 Å². The van der Waals surface area contributed by atoms with Gasteiger partial charge in [0.05, 0.1) is 0 Å². The van der Waals surface area contributed by atoms with Gasteiger partial charge in [-0.2, -0.15) is 0 Å². The predicted molar refractivity (Wildman–Crippen MR) is 58.5 cm³/mol. The van der Waals surface area contributed by atoms with E-state index in [-0.39, 0.29) is 23.9 Å². The number of ether oxygens (including phenoxy) is 1. The fourth-order valence-electron chi connectivity index (χ4n) is 1.71. The van der Waals surface area contributed by atoms with Gasteiger partial charge in [0.1, 0.15) is 12.2 Å². The quantitative estimate of drug-likeness (QED) is 0.706. The van der Waals surface area contributed by atoms with E-state index in [1.54, 1.807) is 0 Å². The third-order valence-corrected chi connectivity index (χ3v) is 3.00. The van der Waals surface area contributed by atoms with Crippen LogP contribution in [0.4, 0.5) is 0 Å². The zero-order valence-electron chi connectivity index (χ0n) is 9.14. The van der Waals surface area contributed by atoms with Crippen molar-refractivity contribution in [3.63, 3.8) is 0 Å². The first-order valence-corrected chi connectivity index (χ1v) is 5.48. The first-order valence-electron chi connectivity index (χ1n) is 5.48. The zero-order valence-corrected chi connectivity index (χ0v) is 9.14. The average molecular weight is 204 g/mol. The van der Waals surface area contributed by atoms with Crippen molar-refractivity contribution in [2.75, 3.05) is 0 Å². The number of carbonyl (C=O) groups excluding carboxylic acids is 1. The molecule has 2 rings (SSSR count). The Labute approximate surface area is 90.3 Å². The predicted octanol–water partition coefficient (Wildman–Crippen LogP) is 2.74. The van der Waals surface area contributed by atoms with E-state index >= 15 is 0 Å². The molecule has 1 fully saturated rings. The number of hydrogen-bond donors (Lipinski definition) is 0. The topological polar surface area (TPSA) is 29.6 Å². The number of ketones is 1. The summed E-state index contributed by atoms with van der Waals surface area (Å²) in [6.45, 7) is 3.99. The summed E-state index contributed by atoms with van der Waals surface area (Å²) in [7, 11) is 0. The Kier molecular flexibility index (Phi) is 2.87. The zero-order chi connectivity index (χ0) is 10.8. The molecule has 0 aliphatic carbocycles. The molecule has 2 heteroatoms. The van der Waals surface area contributed by atoms with Crippen molar-refractivity contribution >= 4 is 5.78 Å². The summed E-state index contributed by atoms with van der Waals surface area (Å²) in [5.41, 5.74) is 1.11. The molecule has 2 nitrogen and oxygen atoms in total. The van der Waals surface area contributed by atoms with Crippen molar-refractivity contribution in [2.24, 2.45) is 5.92 Å². The molecule has 0 radical (unpaired) electrons. The summed E-state index contributed by atoms with van der Waals surface area (Å²) >= 11 is 0. The Hall–Kier alpha value is -1.15. The Morgan fingerprint density at radius 2 is 2.07 bits per heavy atom. The number of Topliss-reactive ketones (excluding diaryl/α,β-unsaturated/α-hetero) is 1. The Bertz CT molecular complexity index is 345. The highest BCUT2D eigenvalue weighted by Crippen LogP contribution is 2.40. The summed E-state index contributed by atoms with van der Waals surface area (Å²) in [4.78, 5) is 11.8. The van der Waals surface area contributed by atoms with Gasteiger partial charge in [0.25, 0.3) is 0 Å². The maximum Gasteiger partial charge on any atom is 0.167 e. The normalized spacial score (nSPS) is 26.0. The van der Waals surface area contributed by atoms with E-state index in [2.05, 4.69) is 0 Å². The third kappa shape index (κ3) is 2.10. The molecular formula is C13H16O2. The minimum Gasteiger partial charge on any atom is -0.356 e. The maximum atomic E-state index is 11.8. The SMILES string of the molecule is CCC(C)C(=O)[C@@H]1O[C@H]1c1ccccc1. The van der Waals surface area contributed by atoms with E-state index in [0.29, 0.717) is 0 Å². The molecule has 1 aromatic rings. The summed E-state index contributed by atoms with van der Waals surface area (Å²) in [6, 6.07) is 9.93. The molecule has 3 atom stereocenters. The number of rotatable bonds is 4. The minimum atomic E-state index is -0.192. The van der Waals surface area contributed by atoms with Gasteiger partial charge in [-0.05, 0) is 12.0 Å². The number of carbonyl (C=O) groups is 1. The minimum absolute atomic E-state index is 0.00713. The molecule has 1 aliphatic rings. The summed E-state index contributed by atoms with van der Waals surface area (Å²) < 4.78 is 5.44. The molecule has 1 unspecified atom stereocenters. The van der Waals surface area contributed by atoms with E-state index in [0.717, 1.165) is 12.0 Å². The third-order valence-electron chi connectivity index (χ3n) is 3.00. The van der Waals surface area contributed by atoms with Crippen molar-refractivity contribution < 1.29 is 9.53 Å². The molecular weight excluding hydrogens is 188 g/mol. The van der Waals surface area contributed by atoms with Crippen LogP contribution in [0.2, 0.25) is 0 Å². The van der Waals surface area contributed by atoms with Crippen LogP contribution in [0.5, 0.6) is 0 Å². The molecule has 1 aliphatic heterocycles. The van der Waals surface area contributed by atoms with Crippen molar-refractivity contribution in [2.45, 2.75) is 32.5 Å². The fraction of sp³-hybridized carbons (Fsp3) is 0.462. The molecule has 0 aromatic heterocycles. The Balaban J connectivity index is 2.00. The van der Waals surface area contributed by atoms with Gasteiger partial charge >= 0.3 is 0 Å². The van der Waals surface area contributed by atoms with Gasteiger partial charge in [0.15, 0.2) is 5.78 Å². The fourth-order valence-corrected chi connectivity index (χ4v) is 1.71. The summed E-state index contributed by atoms with van der Waals surface area (Å²) in [5, 5.41) is 0. The lowest BCUT2D eigenvalue weighted by molar-refractivity contribution is -0.123. The Morgan fingerprint density at radius 3 is 2.67 bits per heavy atom. The van der Waals surface area contributed by atoms with Gasteiger partial charge in [-0.15, -0.1) is 0 Å². The number of benzene rings is 1. The molecule has 0 saturated carbocycles. The first-order chi connectivity index (χ1) is 7.24. The van der Waals surface area contributed by atoms with Crippen molar-refractivity contribution in [1.29, 1.82) is 0 Å². The second-order valence-electron chi connectivity index (χ2n) is 4.10. The lowest BCUT2D eigenvalue weighted by Crippen LogP contribution is -2.16. The number of hydrogen-bond acceptors (Lipinski definition) is 2. The highest BCUT2D eigenvalue weighted by Gasteiger charge is 2.46. The van der Waals surface area contributed by atoms with E-state index < -0.39 is 0 Å². The van der Waals surface area contributed by atoms with Gasteiger partial charge in [0.2, 0.25) is 0 Å². The van der Waals surface area contributed by atoms with Crippen LogP contribution >= 0.6 is 0 Å². The molecule has 1 aromatic carbocycles. The smallest absolute Gasteiger partial charge is 0.167 e. The molecule has 1 heterocycles. The van der Waals surface area contributed by atoms with Crippen LogP contribution in [-0.2, 0) is 9.53 Å². The second kappa shape index (κ2) is 4.15. The van der Waals surface area contributed by atoms with Crippen LogP contribution in [0.1, 0.15) is 31.9 Å². The van der Waals surface area contributed by atoms with Crippen LogP contribution in [0.25, 0.3) is 0 Å². The molecule has 15 heavy (non-hydrogen) atoms. The summed E-state index contributed by atoms with van der Waals surface area (Å²) in [5.74, 6) is 0.357. The van der Waals surface area contributed by atoms with E-state index in [9.17, 15) is 4.79 Å². The largest absolute Gasteiger partial charge is 0.356 e. The maximum absolute atomic E-state index is 11.8. The first kappa shape index (κ1) is 10.4. The monoisotopic (exact) mass is 204 g/mol. The second-order valence-corrected chi connectivity index (χ2v) is 4.10. The van der Waals surface area contributed by atoms with Crippen molar-refractivity contribution in [3.05, 3.63) is 35.9 Å². The van der Waals surface area contributed by atoms with Crippen LogP contribution in [-0.4, -0.2) is 11.9 Å². The molecule has 80 valence electrons. The van der Waals surface area contributed by atoms with E-state index in [1.807, 2.05) is 44.2 Å². The van der Waals surface area contributed by atoms with Gasteiger partial charge in [0, 0.05) is 5.92 Å². The van der Waals surface area contributed by atoms with Crippen LogP contribution in [0, 0.1) is 5.92 Å². The van der Waals surface area contributed by atoms with Gasteiger partial charge in [-0.25, -0.2) is 0 Å². The van der Waals surface area contributed by atoms with Gasteiger partial charge in [-0.3, -0.25) is 4.79 Å². The van der Waals surface area contributed by atoms with Crippen LogP contribution in [0.3, 0.4) is 0 Å².